The molecule has 2 nitrogen and oxygen atoms in total. The number of fused-ring (bicyclic) bond motifs is 4. The quantitative estimate of drug-likeness (QED) is 0.259. The molecule has 36 heavy (non-hydrogen) atoms. The van der Waals surface area contributed by atoms with Crippen LogP contribution < -0.4 is 9.47 Å². The molecule has 0 unspecified atom stereocenters. The van der Waals surface area contributed by atoms with Crippen LogP contribution in [0.5, 0.6) is 23.0 Å². The van der Waals surface area contributed by atoms with Crippen molar-refractivity contribution in [1.29, 1.82) is 0 Å². The highest BCUT2D eigenvalue weighted by Crippen LogP contribution is 2.53. The van der Waals surface area contributed by atoms with Crippen molar-refractivity contribution >= 4 is 0 Å². The van der Waals surface area contributed by atoms with Crippen molar-refractivity contribution in [3.8, 4) is 23.0 Å². The topological polar surface area (TPSA) is 18.5 Å². The molecule has 2 heterocycles. The molecule has 7 rings (SSSR count). The number of para-hydroxylation sites is 4. The number of hydrogen-bond donors (Lipinski definition) is 0. The second-order valence-corrected chi connectivity index (χ2v) is 10.0. The van der Waals surface area contributed by atoms with Crippen LogP contribution in [-0.2, 0) is 10.8 Å². The van der Waals surface area contributed by atoms with Crippen molar-refractivity contribution in [3.63, 3.8) is 0 Å². The van der Waals surface area contributed by atoms with E-state index < -0.39 is 0 Å². The highest BCUT2D eigenvalue weighted by atomic mass is 16.5. The van der Waals surface area contributed by atoms with Crippen LogP contribution in [0.15, 0.2) is 121 Å². The predicted octanol–water partition coefficient (Wildman–Crippen LogP) is 8.61. The standard InChI is InChI=1S/C34H26O2/c1-33(25-11-3-7-15-29(25)35-30-16-8-4-12-26(30)33)23-19-21-24(22-20-23)34(2)27-13-5-9-17-31(27)36-32-18-10-6-14-28(32)34/h3-22H,1-2H3. The van der Waals surface area contributed by atoms with E-state index in [1.807, 2.05) is 24.3 Å². The van der Waals surface area contributed by atoms with E-state index in [4.69, 9.17) is 9.47 Å². The second-order valence-electron chi connectivity index (χ2n) is 10.0. The fraction of sp³-hybridized carbons (Fsp3) is 0.118. The van der Waals surface area contributed by atoms with Crippen LogP contribution >= 0.6 is 0 Å². The molecule has 0 radical (unpaired) electrons. The van der Waals surface area contributed by atoms with Gasteiger partial charge in [-0.2, -0.15) is 0 Å². The summed E-state index contributed by atoms with van der Waals surface area (Å²) in [5, 5.41) is 0. The third-order valence-corrected chi connectivity index (χ3v) is 8.18. The summed E-state index contributed by atoms with van der Waals surface area (Å²) in [4.78, 5) is 0. The number of hydrogen-bond acceptors (Lipinski definition) is 2. The Balaban J connectivity index is 1.41. The van der Waals surface area contributed by atoms with Crippen molar-refractivity contribution < 1.29 is 9.47 Å². The lowest BCUT2D eigenvalue weighted by Gasteiger charge is -2.40. The maximum atomic E-state index is 6.29. The maximum Gasteiger partial charge on any atom is 0.131 e. The van der Waals surface area contributed by atoms with Crippen molar-refractivity contribution in [3.05, 3.63) is 155 Å². The summed E-state index contributed by atoms with van der Waals surface area (Å²) in [6.07, 6.45) is 0. The molecule has 0 N–H and O–H groups in total. The Hall–Kier alpha value is -4.30. The number of ether oxygens (including phenoxy) is 2. The normalized spacial score (nSPS) is 15.8. The van der Waals surface area contributed by atoms with Gasteiger partial charge in [0.1, 0.15) is 23.0 Å². The minimum atomic E-state index is -0.323. The SMILES string of the molecule is CC1(c2ccc(C3(C)c4ccccc4Oc4ccccc43)cc2)c2ccccc2Oc2ccccc21. The minimum absolute atomic E-state index is 0.323. The average Bonchev–Trinajstić information content (AvgIpc) is 2.93. The van der Waals surface area contributed by atoms with Gasteiger partial charge in [-0.15, -0.1) is 0 Å². The van der Waals surface area contributed by atoms with Gasteiger partial charge < -0.3 is 9.47 Å². The van der Waals surface area contributed by atoms with Crippen LogP contribution in [0.3, 0.4) is 0 Å². The van der Waals surface area contributed by atoms with E-state index in [2.05, 4.69) is 111 Å². The minimum Gasteiger partial charge on any atom is -0.457 e. The van der Waals surface area contributed by atoms with Gasteiger partial charge in [0.15, 0.2) is 0 Å². The largest absolute Gasteiger partial charge is 0.457 e. The lowest BCUT2D eigenvalue weighted by molar-refractivity contribution is 0.425. The van der Waals surface area contributed by atoms with E-state index in [0.717, 1.165) is 23.0 Å². The van der Waals surface area contributed by atoms with E-state index in [0.29, 0.717) is 0 Å². The van der Waals surface area contributed by atoms with Gasteiger partial charge >= 0.3 is 0 Å². The zero-order valence-corrected chi connectivity index (χ0v) is 20.4. The first-order valence-corrected chi connectivity index (χ1v) is 12.4. The Bertz CT molecular complexity index is 1400. The molecule has 0 atom stereocenters. The predicted molar refractivity (Wildman–Crippen MR) is 143 cm³/mol. The monoisotopic (exact) mass is 466 g/mol. The Kier molecular flexibility index (Phi) is 4.44. The van der Waals surface area contributed by atoms with Gasteiger partial charge in [-0.1, -0.05) is 97.1 Å². The van der Waals surface area contributed by atoms with Crippen molar-refractivity contribution in [1.82, 2.24) is 0 Å². The Morgan fingerprint density at radius 3 is 0.889 bits per heavy atom. The van der Waals surface area contributed by atoms with E-state index >= 15 is 0 Å². The molecule has 0 amide bonds. The van der Waals surface area contributed by atoms with E-state index in [1.54, 1.807) is 0 Å². The fourth-order valence-corrected chi connectivity index (χ4v) is 6.16. The molecule has 0 saturated heterocycles. The maximum absolute atomic E-state index is 6.29. The van der Waals surface area contributed by atoms with Gasteiger partial charge in [0, 0.05) is 33.1 Å². The molecule has 2 heteroatoms. The van der Waals surface area contributed by atoms with Gasteiger partial charge in [-0.05, 0) is 49.2 Å². The van der Waals surface area contributed by atoms with Crippen LogP contribution in [0.25, 0.3) is 0 Å². The number of rotatable bonds is 2. The van der Waals surface area contributed by atoms with E-state index in [9.17, 15) is 0 Å². The molecular formula is C34H26O2. The molecule has 0 aromatic heterocycles. The molecule has 0 spiro atoms. The van der Waals surface area contributed by atoms with Gasteiger partial charge in [-0.25, -0.2) is 0 Å². The van der Waals surface area contributed by atoms with Crippen LogP contribution in [0.4, 0.5) is 0 Å². The van der Waals surface area contributed by atoms with Crippen molar-refractivity contribution in [2.45, 2.75) is 24.7 Å². The van der Waals surface area contributed by atoms with E-state index in [-0.39, 0.29) is 10.8 Å². The molecule has 2 aliphatic heterocycles. The summed E-state index contributed by atoms with van der Waals surface area (Å²) in [5.74, 6) is 3.67. The summed E-state index contributed by atoms with van der Waals surface area (Å²) >= 11 is 0. The van der Waals surface area contributed by atoms with E-state index in [1.165, 1.54) is 33.4 Å². The molecule has 5 aromatic rings. The zero-order valence-electron chi connectivity index (χ0n) is 20.4. The van der Waals surface area contributed by atoms with Gasteiger partial charge in [0.2, 0.25) is 0 Å². The molecular weight excluding hydrogens is 440 g/mol. The van der Waals surface area contributed by atoms with Crippen LogP contribution in [-0.4, -0.2) is 0 Å². The highest BCUT2D eigenvalue weighted by molar-refractivity contribution is 5.65. The smallest absolute Gasteiger partial charge is 0.131 e. The lowest BCUT2D eigenvalue weighted by atomic mass is 9.67. The van der Waals surface area contributed by atoms with Crippen molar-refractivity contribution in [2.75, 3.05) is 0 Å². The van der Waals surface area contributed by atoms with Gasteiger partial charge in [-0.3, -0.25) is 0 Å². The molecule has 174 valence electrons. The third kappa shape index (κ3) is 2.79. The fourth-order valence-electron chi connectivity index (χ4n) is 6.16. The molecule has 0 saturated carbocycles. The first-order valence-electron chi connectivity index (χ1n) is 12.4. The van der Waals surface area contributed by atoms with Crippen molar-refractivity contribution in [2.24, 2.45) is 0 Å². The zero-order chi connectivity index (χ0) is 24.3. The first kappa shape index (κ1) is 21.0. The van der Waals surface area contributed by atoms with Gasteiger partial charge in [0.25, 0.3) is 0 Å². The molecule has 0 bridgehead atoms. The number of benzene rings is 5. The van der Waals surface area contributed by atoms with Gasteiger partial charge in [0.05, 0.1) is 0 Å². The van der Waals surface area contributed by atoms with Crippen LogP contribution in [0, 0.1) is 0 Å². The lowest BCUT2D eigenvalue weighted by Crippen LogP contribution is -2.31. The molecule has 2 aliphatic rings. The first-order chi connectivity index (χ1) is 17.6. The summed E-state index contributed by atoms with van der Waals surface area (Å²) < 4.78 is 12.6. The second kappa shape index (κ2) is 7.60. The summed E-state index contributed by atoms with van der Waals surface area (Å²) in [6, 6.07) is 42.7. The summed E-state index contributed by atoms with van der Waals surface area (Å²) in [6.45, 7) is 4.62. The summed E-state index contributed by atoms with van der Waals surface area (Å²) in [5.41, 5.74) is 6.58. The third-order valence-electron chi connectivity index (χ3n) is 8.18. The van der Waals surface area contributed by atoms with Crippen LogP contribution in [0.2, 0.25) is 0 Å². The highest BCUT2D eigenvalue weighted by Gasteiger charge is 2.42. The average molecular weight is 467 g/mol. The molecule has 0 fully saturated rings. The Morgan fingerprint density at radius 1 is 0.361 bits per heavy atom. The Labute approximate surface area is 211 Å². The summed E-state index contributed by atoms with van der Waals surface area (Å²) in [7, 11) is 0. The van der Waals surface area contributed by atoms with Crippen LogP contribution in [0.1, 0.15) is 47.2 Å². The Morgan fingerprint density at radius 2 is 0.611 bits per heavy atom. The molecule has 5 aromatic carbocycles. The molecule has 0 aliphatic carbocycles.